The summed E-state index contributed by atoms with van der Waals surface area (Å²) in [5.74, 6) is -0.621. The molecule has 1 aromatic rings. The van der Waals surface area contributed by atoms with Gasteiger partial charge in [-0.2, -0.15) is 5.26 Å². The first kappa shape index (κ1) is 13.1. The minimum Gasteiger partial charge on any atom is -0.460 e. The Bertz CT molecular complexity index is 431. The predicted octanol–water partition coefficient (Wildman–Crippen LogP) is 3.60. The molecule has 0 aromatic heterocycles. The van der Waals surface area contributed by atoms with E-state index in [2.05, 4.69) is 0 Å². The molecule has 6 heteroatoms. The molecule has 0 atom stereocenters. The molecular formula is C10H6Cl3NO2. The van der Waals surface area contributed by atoms with Crippen LogP contribution >= 0.6 is 34.8 Å². The van der Waals surface area contributed by atoms with Gasteiger partial charge in [0.2, 0.25) is 0 Å². The fourth-order valence-electron chi connectivity index (χ4n) is 0.978. The maximum absolute atomic E-state index is 10.9. The van der Waals surface area contributed by atoms with E-state index >= 15 is 0 Å². The zero-order chi connectivity index (χ0) is 12.1. The largest absolute Gasteiger partial charge is 0.460 e. The van der Waals surface area contributed by atoms with Crippen molar-refractivity contribution in [2.45, 2.75) is 13.0 Å². The van der Waals surface area contributed by atoms with E-state index in [0.717, 1.165) is 0 Å². The van der Waals surface area contributed by atoms with E-state index < -0.39 is 5.97 Å². The van der Waals surface area contributed by atoms with Gasteiger partial charge in [0.1, 0.15) is 13.0 Å². The molecule has 0 spiro atoms. The second kappa shape index (κ2) is 5.95. The van der Waals surface area contributed by atoms with E-state index in [9.17, 15) is 4.79 Å². The van der Waals surface area contributed by atoms with Crippen molar-refractivity contribution in [2.24, 2.45) is 0 Å². The van der Waals surface area contributed by atoms with Crippen LogP contribution < -0.4 is 0 Å². The molecule has 0 saturated heterocycles. The molecule has 0 N–H and O–H groups in total. The van der Waals surface area contributed by atoms with Gasteiger partial charge in [-0.15, -0.1) is 0 Å². The summed E-state index contributed by atoms with van der Waals surface area (Å²) in [7, 11) is 0. The van der Waals surface area contributed by atoms with Crippen LogP contribution in [0.4, 0.5) is 0 Å². The molecule has 0 unspecified atom stereocenters. The summed E-state index contributed by atoms with van der Waals surface area (Å²) >= 11 is 17.5. The van der Waals surface area contributed by atoms with Gasteiger partial charge in [-0.25, -0.2) is 0 Å². The molecular weight excluding hydrogens is 272 g/mol. The highest BCUT2D eigenvalue weighted by Crippen LogP contribution is 2.29. The fourth-order valence-corrected chi connectivity index (χ4v) is 1.90. The van der Waals surface area contributed by atoms with Crippen LogP contribution in [0.15, 0.2) is 12.1 Å². The number of rotatable bonds is 3. The van der Waals surface area contributed by atoms with Crippen molar-refractivity contribution in [1.82, 2.24) is 0 Å². The molecule has 0 amide bonds. The first-order valence-electron chi connectivity index (χ1n) is 4.20. The fraction of sp³-hybridized carbons (Fsp3) is 0.200. The second-order valence-electron chi connectivity index (χ2n) is 2.84. The molecule has 0 radical (unpaired) electrons. The molecule has 0 fully saturated rings. The standard InChI is InChI=1S/C10H6Cl3NO2/c11-6-3-8(12)7(9(13)4-6)5-16-10(15)1-2-14/h3-4H,1,5H2. The smallest absolute Gasteiger partial charge is 0.320 e. The van der Waals surface area contributed by atoms with Crippen LogP contribution in [0, 0.1) is 11.3 Å². The average molecular weight is 279 g/mol. The first-order valence-corrected chi connectivity index (χ1v) is 5.34. The van der Waals surface area contributed by atoms with Crippen molar-refractivity contribution < 1.29 is 9.53 Å². The van der Waals surface area contributed by atoms with Crippen molar-refractivity contribution in [3.63, 3.8) is 0 Å². The average Bonchev–Trinajstić information content (AvgIpc) is 2.16. The Morgan fingerprint density at radius 2 is 1.88 bits per heavy atom. The molecule has 1 rings (SSSR count). The van der Waals surface area contributed by atoms with Gasteiger partial charge in [0.05, 0.1) is 16.1 Å². The summed E-state index contributed by atoms with van der Waals surface area (Å²) in [6.07, 6.45) is -0.303. The summed E-state index contributed by atoms with van der Waals surface area (Å²) in [6.45, 7) is -0.0741. The van der Waals surface area contributed by atoms with E-state index in [4.69, 9.17) is 44.8 Å². The molecule has 1 aromatic carbocycles. The zero-order valence-corrected chi connectivity index (χ0v) is 10.2. The Hall–Kier alpha value is -0.950. The lowest BCUT2D eigenvalue weighted by atomic mass is 10.2. The van der Waals surface area contributed by atoms with E-state index in [1.54, 1.807) is 6.07 Å². The van der Waals surface area contributed by atoms with Gasteiger partial charge >= 0.3 is 5.97 Å². The Kier molecular flexibility index (Phi) is 4.88. The summed E-state index contributed by atoms with van der Waals surface area (Å²) in [5, 5.41) is 9.31. The predicted molar refractivity (Wildman–Crippen MR) is 61.5 cm³/mol. The molecule has 84 valence electrons. The number of halogens is 3. The number of carbonyl (C=O) groups is 1. The van der Waals surface area contributed by atoms with E-state index in [0.29, 0.717) is 20.6 Å². The number of carbonyl (C=O) groups excluding carboxylic acids is 1. The minimum absolute atomic E-state index is 0.0741. The Morgan fingerprint density at radius 1 is 1.31 bits per heavy atom. The highest BCUT2D eigenvalue weighted by atomic mass is 35.5. The third kappa shape index (κ3) is 3.57. The summed E-state index contributed by atoms with van der Waals surface area (Å²) < 4.78 is 4.80. The lowest BCUT2D eigenvalue weighted by Gasteiger charge is -2.07. The van der Waals surface area contributed by atoms with Gasteiger partial charge in [0.15, 0.2) is 0 Å². The van der Waals surface area contributed by atoms with Crippen LogP contribution in [0.1, 0.15) is 12.0 Å². The van der Waals surface area contributed by atoms with Crippen molar-refractivity contribution in [1.29, 1.82) is 5.26 Å². The van der Waals surface area contributed by atoms with Crippen LogP contribution in [-0.4, -0.2) is 5.97 Å². The Labute approximate surface area is 107 Å². The third-order valence-electron chi connectivity index (χ3n) is 1.71. The van der Waals surface area contributed by atoms with Gasteiger partial charge in [-0.05, 0) is 12.1 Å². The molecule has 0 saturated carbocycles. The monoisotopic (exact) mass is 277 g/mol. The normalized spacial score (nSPS) is 9.62. The van der Waals surface area contributed by atoms with Gasteiger partial charge in [0.25, 0.3) is 0 Å². The quantitative estimate of drug-likeness (QED) is 0.794. The molecule has 0 bridgehead atoms. The number of esters is 1. The number of ether oxygens (including phenoxy) is 1. The van der Waals surface area contributed by atoms with E-state index in [1.807, 2.05) is 0 Å². The topological polar surface area (TPSA) is 50.1 Å². The van der Waals surface area contributed by atoms with Gasteiger partial charge in [-0.1, -0.05) is 34.8 Å². The SMILES string of the molecule is N#CCC(=O)OCc1c(Cl)cc(Cl)cc1Cl. The third-order valence-corrected chi connectivity index (χ3v) is 2.60. The number of hydrogen-bond acceptors (Lipinski definition) is 3. The summed E-state index contributed by atoms with van der Waals surface area (Å²) in [5.41, 5.74) is 0.471. The summed E-state index contributed by atoms with van der Waals surface area (Å²) in [4.78, 5) is 10.9. The van der Waals surface area contributed by atoms with Crippen molar-refractivity contribution in [3.8, 4) is 6.07 Å². The zero-order valence-electron chi connectivity index (χ0n) is 7.97. The molecule has 0 aliphatic rings. The van der Waals surface area contributed by atoms with E-state index in [1.165, 1.54) is 12.1 Å². The maximum atomic E-state index is 10.9. The maximum Gasteiger partial charge on any atom is 0.320 e. The van der Waals surface area contributed by atoms with Crippen LogP contribution in [0.3, 0.4) is 0 Å². The molecule has 16 heavy (non-hydrogen) atoms. The molecule has 3 nitrogen and oxygen atoms in total. The van der Waals surface area contributed by atoms with Gasteiger partial charge in [0, 0.05) is 10.6 Å². The van der Waals surface area contributed by atoms with Crippen LogP contribution in [0.25, 0.3) is 0 Å². The highest BCUT2D eigenvalue weighted by molar-refractivity contribution is 6.39. The van der Waals surface area contributed by atoms with Gasteiger partial charge < -0.3 is 4.74 Å². The van der Waals surface area contributed by atoms with Crippen LogP contribution in [-0.2, 0) is 16.1 Å². The number of nitrogens with zero attached hydrogens (tertiary/aromatic N) is 1. The first-order chi connectivity index (χ1) is 7.54. The summed E-state index contributed by atoms with van der Waals surface area (Å²) in [6, 6.07) is 4.69. The molecule has 0 heterocycles. The minimum atomic E-state index is -0.621. The molecule has 0 aliphatic carbocycles. The van der Waals surface area contributed by atoms with Crippen molar-refractivity contribution in [2.75, 3.05) is 0 Å². The Balaban J connectivity index is 2.75. The van der Waals surface area contributed by atoms with Gasteiger partial charge in [-0.3, -0.25) is 4.79 Å². The van der Waals surface area contributed by atoms with E-state index in [-0.39, 0.29) is 13.0 Å². The van der Waals surface area contributed by atoms with Crippen LogP contribution in [0.5, 0.6) is 0 Å². The number of benzene rings is 1. The van der Waals surface area contributed by atoms with Crippen LogP contribution in [0.2, 0.25) is 15.1 Å². The highest BCUT2D eigenvalue weighted by Gasteiger charge is 2.10. The van der Waals surface area contributed by atoms with Crippen molar-refractivity contribution >= 4 is 40.8 Å². The second-order valence-corrected chi connectivity index (χ2v) is 4.09. The number of nitriles is 1. The lowest BCUT2D eigenvalue weighted by Crippen LogP contribution is -2.03. The molecule has 0 aliphatic heterocycles. The number of hydrogen-bond donors (Lipinski definition) is 0. The van der Waals surface area contributed by atoms with Crippen molar-refractivity contribution in [3.05, 3.63) is 32.8 Å². The Morgan fingerprint density at radius 3 is 2.38 bits per heavy atom. The lowest BCUT2D eigenvalue weighted by molar-refractivity contribution is -0.143.